The summed E-state index contributed by atoms with van der Waals surface area (Å²) >= 11 is 0. The van der Waals surface area contributed by atoms with E-state index in [1.807, 2.05) is 6.07 Å². The van der Waals surface area contributed by atoms with Gasteiger partial charge in [0.05, 0.1) is 32.2 Å². The van der Waals surface area contributed by atoms with E-state index in [1.54, 1.807) is 24.3 Å². The Morgan fingerprint density at radius 2 is 1.75 bits per heavy atom. The maximum Gasteiger partial charge on any atom is 0.259 e. The summed E-state index contributed by atoms with van der Waals surface area (Å²) < 4.78 is 15.8. The fourth-order valence-corrected chi connectivity index (χ4v) is 2.79. The summed E-state index contributed by atoms with van der Waals surface area (Å²) in [4.78, 5) is 19.1. The Balaban J connectivity index is 2.24. The number of fused-ring (bicyclic) bond motifs is 1. The van der Waals surface area contributed by atoms with Crippen LogP contribution in [-0.4, -0.2) is 36.4 Å². The van der Waals surface area contributed by atoms with Crippen LogP contribution >= 0.6 is 0 Å². The van der Waals surface area contributed by atoms with Gasteiger partial charge in [-0.1, -0.05) is 12.1 Å². The third-order valence-electron chi connectivity index (χ3n) is 4.14. The largest absolute Gasteiger partial charge is 0.506 e. The first-order chi connectivity index (χ1) is 13.5. The highest BCUT2D eigenvalue weighted by molar-refractivity contribution is 5.93. The normalized spacial score (nSPS) is 11.5. The number of H-pyrrole nitrogens is 1. The predicted octanol–water partition coefficient (Wildman–Crippen LogP) is 2.90. The molecule has 3 rings (SSSR count). The zero-order chi connectivity index (χ0) is 20.3. The van der Waals surface area contributed by atoms with Crippen molar-refractivity contribution in [1.29, 1.82) is 5.26 Å². The van der Waals surface area contributed by atoms with Crippen LogP contribution in [0.25, 0.3) is 22.2 Å². The molecular weight excluding hydrogens is 362 g/mol. The molecule has 0 radical (unpaired) electrons. The van der Waals surface area contributed by atoms with E-state index in [0.717, 1.165) is 0 Å². The van der Waals surface area contributed by atoms with Crippen molar-refractivity contribution in [2.75, 3.05) is 21.3 Å². The van der Waals surface area contributed by atoms with Crippen LogP contribution in [0.1, 0.15) is 11.4 Å². The highest BCUT2D eigenvalue weighted by atomic mass is 16.5. The number of aromatic amines is 1. The first-order valence-corrected chi connectivity index (χ1v) is 8.17. The van der Waals surface area contributed by atoms with Gasteiger partial charge in [-0.3, -0.25) is 4.79 Å². The molecule has 0 aliphatic heterocycles. The Bertz CT molecular complexity index is 1150. The van der Waals surface area contributed by atoms with E-state index in [9.17, 15) is 15.2 Å². The molecule has 8 heteroatoms. The molecule has 0 spiro atoms. The van der Waals surface area contributed by atoms with E-state index >= 15 is 0 Å². The molecule has 2 aromatic carbocycles. The van der Waals surface area contributed by atoms with Crippen molar-refractivity contribution in [3.8, 4) is 23.3 Å². The standard InChI is InChI=1S/C20H17N3O5/c1-26-15-8-11(9-16(27-2)18(15)28-3)17(24)13(10-21)19-22-14-7-5-4-6-12(14)20(25)23-19/h4-9,24H,1-3H3,(H,22,23,25)/b17-13-. The Hall–Kier alpha value is -3.99. The van der Waals surface area contributed by atoms with E-state index < -0.39 is 5.56 Å². The average Bonchev–Trinajstić information content (AvgIpc) is 2.73. The molecule has 142 valence electrons. The third kappa shape index (κ3) is 3.21. The zero-order valence-corrected chi connectivity index (χ0v) is 15.4. The lowest BCUT2D eigenvalue weighted by Gasteiger charge is -2.14. The summed E-state index contributed by atoms with van der Waals surface area (Å²) in [7, 11) is 4.34. The van der Waals surface area contributed by atoms with Gasteiger partial charge in [-0.2, -0.15) is 5.26 Å². The number of aliphatic hydroxyl groups is 1. The number of aliphatic hydroxyl groups excluding tert-OH is 1. The van der Waals surface area contributed by atoms with Gasteiger partial charge >= 0.3 is 0 Å². The summed E-state index contributed by atoms with van der Waals surface area (Å²) in [6, 6.07) is 11.6. The summed E-state index contributed by atoms with van der Waals surface area (Å²) in [5.74, 6) is 0.524. The van der Waals surface area contributed by atoms with Crippen molar-refractivity contribution in [3.05, 3.63) is 58.1 Å². The minimum atomic E-state index is -0.411. The second-order valence-corrected chi connectivity index (χ2v) is 5.68. The Kier molecular flexibility index (Phi) is 5.18. The van der Waals surface area contributed by atoms with E-state index in [1.165, 1.54) is 33.5 Å². The van der Waals surface area contributed by atoms with Crippen LogP contribution in [0.2, 0.25) is 0 Å². The number of para-hydroxylation sites is 1. The summed E-state index contributed by atoms with van der Waals surface area (Å²) in [6.07, 6.45) is 0. The number of aromatic nitrogens is 2. The number of nitrogens with zero attached hydrogens (tertiary/aromatic N) is 2. The first-order valence-electron chi connectivity index (χ1n) is 8.17. The molecule has 28 heavy (non-hydrogen) atoms. The highest BCUT2D eigenvalue weighted by Crippen LogP contribution is 2.40. The smallest absolute Gasteiger partial charge is 0.259 e. The van der Waals surface area contributed by atoms with E-state index in [2.05, 4.69) is 9.97 Å². The van der Waals surface area contributed by atoms with E-state index in [4.69, 9.17) is 14.2 Å². The molecule has 0 aliphatic rings. The lowest BCUT2D eigenvalue weighted by molar-refractivity contribution is 0.324. The van der Waals surface area contributed by atoms with Crippen LogP contribution < -0.4 is 19.8 Å². The number of hydrogen-bond acceptors (Lipinski definition) is 7. The molecule has 0 aliphatic carbocycles. The van der Waals surface area contributed by atoms with Gasteiger partial charge < -0.3 is 24.3 Å². The van der Waals surface area contributed by atoms with Crippen LogP contribution in [-0.2, 0) is 0 Å². The van der Waals surface area contributed by atoms with Gasteiger partial charge in [-0.05, 0) is 24.3 Å². The molecular formula is C20H17N3O5. The third-order valence-corrected chi connectivity index (χ3v) is 4.14. The van der Waals surface area contributed by atoms with Gasteiger partial charge in [0, 0.05) is 5.56 Å². The zero-order valence-electron chi connectivity index (χ0n) is 15.4. The topological polar surface area (TPSA) is 117 Å². The molecule has 2 N–H and O–H groups in total. The van der Waals surface area contributed by atoms with E-state index in [-0.39, 0.29) is 22.7 Å². The number of methoxy groups -OCH3 is 3. The van der Waals surface area contributed by atoms with E-state index in [0.29, 0.717) is 28.2 Å². The van der Waals surface area contributed by atoms with Crippen LogP contribution in [0.4, 0.5) is 0 Å². The summed E-state index contributed by atoms with van der Waals surface area (Å²) in [5, 5.41) is 20.7. The van der Waals surface area contributed by atoms with Gasteiger partial charge in [0.2, 0.25) is 5.75 Å². The molecule has 0 atom stereocenters. The predicted molar refractivity (Wildman–Crippen MR) is 104 cm³/mol. The molecule has 0 fully saturated rings. The molecule has 3 aromatic rings. The first kappa shape index (κ1) is 18.8. The molecule has 0 amide bonds. The van der Waals surface area contributed by atoms with Crippen molar-refractivity contribution in [2.45, 2.75) is 0 Å². The lowest BCUT2D eigenvalue weighted by Crippen LogP contribution is -2.11. The van der Waals surface area contributed by atoms with Crippen LogP contribution in [0.15, 0.2) is 41.2 Å². The van der Waals surface area contributed by atoms with Crippen molar-refractivity contribution >= 4 is 22.2 Å². The minimum Gasteiger partial charge on any atom is -0.506 e. The average molecular weight is 379 g/mol. The number of allylic oxidation sites excluding steroid dienone is 1. The number of hydrogen-bond donors (Lipinski definition) is 2. The Morgan fingerprint density at radius 1 is 1.11 bits per heavy atom. The molecule has 0 saturated carbocycles. The second-order valence-electron chi connectivity index (χ2n) is 5.68. The van der Waals surface area contributed by atoms with Crippen LogP contribution in [0.5, 0.6) is 17.2 Å². The van der Waals surface area contributed by atoms with Crippen LogP contribution in [0, 0.1) is 11.3 Å². The highest BCUT2D eigenvalue weighted by Gasteiger charge is 2.19. The van der Waals surface area contributed by atoms with Gasteiger partial charge in [0.15, 0.2) is 17.3 Å². The fraction of sp³-hybridized carbons (Fsp3) is 0.150. The number of benzene rings is 2. The van der Waals surface area contributed by atoms with Crippen LogP contribution in [0.3, 0.4) is 0 Å². The van der Waals surface area contributed by atoms with Crippen molar-refractivity contribution < 1.29 is 19.3 Å². The molecule has 1 heterocycles. The summed E-state index contributed by atoms with van der Waals surface area (Å²) in [6.45, 7) is 0. The molecule has 1 aromatic heterocycles. The quantitative estimate of drug-likeness (QED) is 0.517. The Morgan fingerprint density at radius 3 is 2.32 bits per heavy atom. The van der Waals surface area contributed by atoms with Crippen molar-refractivity contribution in [1.82, 2.24) is 9.97 Å². The molecule has 0 saturated heterocycles. The lowest BCUT2D eigenvalue weighted by atomic mass is 10.1. The maximum atomic E-state index is 12.3. The number of nitriles is 1. The van der Waals surface area contributed by atoms with Crippen molar-refractivity contribution in [2.24, 2.45) is 0 Å². The number of nitrogens with one attached hydrogen (secondary N) is 1. The number of rotatable bonds is 5. The maximum absolute atomic E-state index is 12.3. The molecule has 0 unspecified atom stereocenters. The summed E-state index contributed by atoms with van der Waals surface area (Å²) in [5.41, 5.74) is 0.0386. The van der Waals surface area contributed by atoms with Crippen molar-refractivity contribution in [3.63, 3.8) is 0 Å². The monoisotopic (exact) mass is 379 g/mol. The number of ether oxygens (including phenoxy) is 3. The van der Waals surface area contributed by atoms with Gasteiger partial charge in [0.25, 0.3) is 5.56 Å². The molecule has 0 bridgehead atoms. The van der Waals surface area contributed by atoms with Gasteiger partial charge in [0.1, 0.15) is 17.4 Å². The Labute approximate surface area is 160 Å². The van der Waals surface area contributed by atoms with Gasteiger partial charge in [-0.25, -0.2) is 4.98 Å². The second kappa shape index (κ2) is 7.72. The minimum absolute atomic E-state index is 0.0440. The fourth-order valence-electron chi connectivity index (χ4n) is 2.79. The van der Waals surface area contributed by atoms with Gasteiger partial charge in [-0.15, -0.1) is 0 Å². The molecule has 8 nitrogen and oxygen atoms in total. The SMILES string of the molecule is COc1cc(/C(O)=C(\C#N)c2nc3ccccc3c(=O)[nH]2)cc(OC)c1OC.